The minimum Gasteiger partial charge on any atom is -0.326 e. The monoisotopic (exact) mass is 284 g/mol. The van der Waals surface area contributed by atoms with E-state index in [0.29, 0.717) is 12.6 Å². The zero-order chi connectivity index (χ0) is 14.7. The molecule has 0 amide bonds. The van der Waals surface area contributed by atoms with Gasteiger partial charge in [0.2, 0.25) is 0 Å². The lowest BCUT2D eigenvalue weighted by Crippen LogP contribution is -2.17. The van der Waals surface area contributed by atoms with Crippen LogP contribution in [0.5, 0.6) is 0 Å². The first-order valence-corrected chi connectivity index (χ1v) is 7.97. The molecule has 0 bridgehead atoms. The first kappa shape index (κ1) is 14.3. The molecule has 1 aromatic carbocycles. The van der Waals surface area contributed by atoms with Gasteiger partial charge in [0.25, 0.3) is 0 Å². The van der Waals surface area contributed by atoms with Crippen LogP contribution in [0.4, 0.5) is 0 Å². The number of benzene rings is 1. The molecule has 1 heterocycles. The fraction of sp³-hybridized carbons (Fsp3) is 0.529. The van der Waals surface area contributed by atoms with Crippen LogP contribution in [0.25, 0.3) is 0 Å². The molecule has 3 rings (SSSR count). The van der Waals surface area contributed by atoms with Gasteiger partial charge in [0.1, 0.15) is 11.6 Å². The number of aromatic nitrogens is 3. The molecule has 2 N–H and O–H groups in total. The second-order valence-corrected chi connectivity index (χ2v) is 5.97. The highest BCUT2D eigenvalue weighted by molar-refractivity contribution is 5.29. The summed E-state index contributed by atoms with van der Waals surface area (Å²) < 4.78 is 2.37. The Hall–Kier alpha value is -1.68. The van der Waals surface area contributed by atoms with E-state index in [9.17, 15) is 0 Å². The number of nitrogens with zero attached hydrogens (tertiary/aromatic N) is 3. The number of hydrogen-bond acceptors (Lipinski definition) is 3. The van der Waals surface area contributed by atoms with Crippen LogP contribution in [0.3, 0.4) is 0 Å². The largest absolute Gasteiger partial charge is 0.326 e. The molecule has 4 nitrogen and oxygen atoms in total. The van der Waals surface area contributed by atoms with Crippen molar-refractivity contribution in [3.05, 3.63) is 47.0 Å². The average molecular weight is 284 g/mol. The van der Waals surface area contributed by atoms with Crippen molar-refractivity contribution in [3.63, 3.8) is 0 Å². The topological polar surface area (TPSA) is 56.7 Å². The van der Waals surface area contributed by atoms with Gasteiger partial charge in [-0.3, -0.25) is 0 Å². The van der Waals surface area contributed by atoms with Crippen LogP contribution < -0.4 is 5.73 Å². The third-order valence-corrected chi connectivity index (χ3v) is 4.56. The van der Waals surface area contributed by atoms with Crippen LogP contribution in [0.2, 0.25) is 0 Å². The molecule has 2 aromatic rings. The molecule has 0 unspecified atom stereocenters. The predicted octanol–water partition coefficient (Wildman–Crippen LogP) is 3.14. The third kappa shape index (κ3) is 3.00. The summed E-state index contributed by atoms with van der Waals surface area (Å²) in [6.07, 6.45) is 7.34. The fourth-order valence-corrected chi connectivity index (χ4v) is 3.45. The minimum atomic E-state index is 0.576. The molecule has 0 spiro atoms. The fourth-order valence-electron chi connectivity index (χ4n) is 3.45. The Morgan fingerprint density at radius 2 is 1.81 bits per heavy atom. The van der Waals surface area contributed by atoms with E-state index in [1.165, 1.54) is 43.2 Å². The van der Waals surface area contributed by atoms with Crippen molar-refractivity contribution in [2.75, 3.05) is 0 Å². The average Bonchev–Trinajstić information content (AvgIpc) is 2.89. The SMILES string of the molecule is Cc1nnc(Cc2ccccc2CN)n1C1CCCCC1. The summed E-state index contributed by atoms with van der Waals surface area (Å²) >= 11 is 0. The molecule has 0 atom stereocenters. The summed E-state index contributed by atoms with van der Waals surface area (Å²) in [5, 5.41) is 8.76. The molecule has 4 heteroatoms. The van der Waals surface area contributed by atoms with Crippen LogP contribution in [-0.2, 0) is 13.0 Å². The Morgan fingerprint density at radius 1 is 1.10 bits per heavy atom. The van der Waals surface area contributed by atoms with Crippen LogP contribution >= 0.6 is 0 Å². The summed E-state index contributed by atoms with van der Waals surface area (Å²) in [5.41, 5.74) is 8.32. The maximum absolute atomic E-state index is 5.85. The van der Waals surface area contributed by atoms with Gasteiger partial charge < -0.3 is 10.3 Å². The highest BCUT2D eigenvalue weighted by Crippen LogP contribution is 2.30. The Labute approximate surface area is 126 Å². The molecule has 0 saturated heterocycles. The molecule has 0 radical (unpaired) electrons. The van der Waals surface area contributed by atoms with E-state index < -0.39 is 0 Å². The number of hydrogen-bond donors (Lipinski definition) is 1. The van der Waals surface area contributed by atoms with Gasteiger partial charge in [-0.25, -0.2) is 0 Å². The lowest BCUT2D eigenvalue weighted by molar-refractivity contribution is 0.342. The predicted molar refractivity (Wildman–Crippen MR) is 84.0 cm³/mol. The highest BCUT2D eigenvalue weighted by atomic mass is 15.3. The Kier molecular flexibility index (Phi) is 4.34. The summed E-state index contributed by atoms with van der Waals surface area (Å²) in [5.74, 6) is 2.13. The Morgan fingerprint density at radius 3 is 2.52 bits per heavy atom. The van der Waals surface area contributed by atoms with Gasteiger partial charge in [-0.1, -0.05) is 43.5 Å². The minimum absolute atomic E-state index is 0.576. The molecule has 1 aliphatic carbocycles. The molecule has 112 valence electrons. The lowest BCUT2D eigenvalue weighted by atomic mass is 9.94. The van der Waals surface area contributed by atoms with Crippen LogP contribution in [0.1, 0.15) is 60.9 Å². The number of rotatable bonds is 4. The van der Waals surface area contributed by atoms with Gasteiger partial charge in [0, 0.05) is 19.0 Å². The van der Waals surface area contributed by atoms with E-state index in [2.05, 4.69) is 39.9 Å². The maximum atomic E-state index is 5.85. The van der Waals surface area contributed by atoms with Gasteiger partial charge in [0.15, 0.2) is 0 Å². The van der Waals surface area contributed by atoms with Crippen molar-refractivity contribution >= 4 is 0 Å². The van der Waals surface area contributed by atoms with Crippen molar-refractivity contribution in [2.24, 2.45) is 5.73 Å². The van der Waals surface area contributed by atoms with Gasteiger partial charge in [-0.05, 0) is 30.9 Å². The Bertz CT molecular complexity index is 597. The molecule has 1 saturated carbocycles. The summed E-state index contributed by atoms with van der Waals surface area (Å²) in [6, 6.07) is 8.95. The first-order valence-electron chi connectivity index (χ1n) is 7.97. The van der Waals surface area contributed by atoms with Crippen LogP contribution in [-0.4, -0.2) is 14.8 Å². The third-order valence-electron chi connectivity index (χ3n) is 4.56. The smallest absolute Gasteiger partial charge is 0.137 e. The Balaban J connectivity index is 1.89. The van der Waals surface area contributed by atoms with Gasteiger partial charge in [-0.15, -0.1) is 10.2 Å². The molecule has 0 aliphatic heterocycles. The normalized spacial score (nSPS) is 16.3. The maximum Gasteiger partial charge on any atom is 0.137 e. The van der Waals surface area contributed by atoms with Gasteiger partial charge in [0.05, 0.1) is 0 Å². The summed E-state index contributed by atoms with van der Waals surface area (Å²) in [4.78, 5) is 0. The van der Waals surface area contributed by atoms with Crippen molar-refractivity contribution in [3.8, 4) is 0 Å². The van der Waals surface area contributed by atoms with E-state index in [0.717, 1.165) is 18.1 Å². The number of aryl methyl sites for hydroxylation is 1. The van der Waals surface area contributed by atoms with Gasteiger partial charge >= 0.3 is 0 Å². The zero-order valence-electron chi connectivity index (χ0n) is 12.8. The second kappa shape index (κ2) is 6.39. The van der Waals surface area contributed by atoms with Gasteiger partial charge in [-0.2, -0.15) is 0 Å². The summed E-state index contributed by atoms with van der Waals surface area (Å²) in [7, 11) is 0. The molecule has 21 heavy (non-hydrogen) atoms. The number of nitrogens with two attached hydrogens (primary N) is 1. The van der Waals surface area contributed by atoms with Crippen LogP contribution in [0.15, 0.2) is 24.3 Å². The molecular formula is C17H24N4. The van der Waals surface area contributed by atoms with Crippen LogP contribution in [0, 0.1) is 6.92 Å². The molecule has 1 aliphatic rings. The van der Waals surface area contributed by atoms with Crippen molar-refractivity contribution in [1.82, 2.24) is 14.8 Å². The quantitative estimate of drug-likeness (QED) is 0.938. The van der Waals surface area contributed by atoms with E-state index in [1.54, 1.807) is 0 Å². The first-order chi connectivity index (χ1) is 10.3. The lowest BCUT2D eigenvalue weighted by Gasteiger charge is -2.25. The second-order valence-electron chi connectivity index (χ2n) is 5.97. The highest BCUT2D eigenvalue weighted by Gasteiger charge is 2.21. The van der Waals surface area contributed by atoms with Crippen molar-refractivity contribution < 1.29 is 0 Å². The van der Waals surface area contributed by atoms with E-state index in [-0.39, 0.29) is 0 Å². The zero-order valence-corrected chi connectivity index (χ0v) is 12.8. The van der Waals surface area contributed by atoms with Crippen molar-refractivity contribution in [2.45, 2.75) is 58.0 Å². The van der Waals surface area contributed by atoms with E-state index >= 15 is 0 Å². The standard InChI is InChI=1S/C17H24N4/c1-13-19-20-17(21(13)16-9-3-2-4-10-16)11-14-7-5-6-8-15(14)12-18/h5-8,16H,2-4,9-12,18H2,1H3. The van der Waals surface area contributed by atoms with E-state index in [1.807, 2.05) is 6.07 Å². The van der Waals surface area contributed by atoms with Crippen molar-refractivity contribution in [1.29, 1.82) is 0 Å². The van der Waals surface area contributed by atoms with E-state index in [4.69, 9.17) is 5.73 Å². The molecule has 1 fully saturated rings. The molecular weight excluding hydrogens is 260 g/mol. The summed E-state index contributed by atoms with van der Waals surface area (Å²) in [6.45, 7) is 2.65. The molecule has 1 aromatic heterocycles.